The SMILES string of the molecule is C=CCC(C)CS(N)=O. The molecule has 0 saturated carbocycles. The molecule has 0 spiro atoms. The maximum Gasteiger partial charge on any atom is 0.0890 e. The first-order valence-corrected chi connectivity index (χ1v) is 4.28. The Hall–Kier alpha value is -0.150. The molecule has 0 rings (SSSR count). The summed E-state index contributed by atoms with van der Waals surface area (Å²) in [6.07, 6.45) is 2.71. The van der Waals surface area contributed by atoms with Crippen molar-refractivity contribution < 1.29 is 4.21 Å². The Labute approximate surface area is 58.7 Å². The highest BCUT2D eigenvalue weighted by atomic mass is 32.2. The molecular formula is C6H13NOS. The minimum Gasteiger partial charge on any atom is -0.252 e. The van der Waals surface area contributed by atoms with Crippen LogP contribution in [0.5, 0.6) is 0 Å². The molecule has 0 fully saturated rings. The van der Waals surface area contributed by atoms with Gasteiger partial charge in [-0.25, -0.2) is 4.21 Å². The van der Waals surface area contributed by atoms with Gasteiger partial charge in [0.2, 0.25) is 0 Å². The van der Waals surface area contributed by atoms with E-state index in [4.69, 9.17) is 5.14 Å². The van der Waals surface area contributed by atoms with Crippen LogP contribution < -0.4 is 5.14 Å². The van der Waals surface area contributed by atoms with Crippen molar-refractivity contribution in [3.8, 4) is 0 Å². The van der Waals surface area contributed by atoms with Gasteiger partial charge >= 0.3 is 0 Å². The Balaban J connectivity index is 3.37. The van der Waals surface area contributed by atoms with E-state index in [9.17, 15) is 4.21 Å². The molecule has 0 radical (unpaired) electrons. The molecule has 0 aliphatic heterocycles. The average Bonchev–Trinajstić information content (AvgIpc) is 1.63. The summed E-state index contributed by atoms with van der Waals surface area (Å²) in [6, 6.07) is 0. The van der Waals surface area contributed by atoms with Crippen LogP contribution in [-0.2, 0) is 11.0 Å². The van der Waals surface area contributed by atoms with Gasteiger partial charge in [0.1, 0.15) is 0 Å². The van der Waals surface area contributed by atoms with Crippen molar-refractivity contribution in [1.82, 2.24) is 0 Å². The van der Waals surface area contributed by atoms with Gasteiger partial charge in [-0.1, -0.05) is 13.0 Å². The summed E-state index contributed by atoms with van der Waals surface area (Å²) in [5.41, 5.74) is 0. The molecule has 54 valence electrons. The third kappa shape index (κ3) is 5.73. The molecule has 2 N–H and O–H groups in total. The fourth-order valence-electron chi connectivity index (χ4n) is 0.633. The van der Waals surface area contributed by atoms with Crippen molar-refractivity contribution in [3.63, 3.8) is 0 Å². The predicted molar refractivity (Wildman–Crippen MR) is 41.2 cm³/mol. The molecule has 2 nitrogen and oxygen atoms in total. The van der Waals surface area contributed by atoms with Gasteiger partial charge in [0.25, 0.3) is 0 Å². The van der Waals surface area contributed by atoms with E-state index in [1.807, 2.05) is 13.0 Å². The summed E-state index contributed by atoms with van der Waals surface area (Å²) in [5.74, 6) is 0.972. The maximum absolute atomic E-state index is 10.4. The fourth-order valence-corrected chi connectivity index (χ4v) is 1.33. The molecule has 0 aliphatic carbocycles. The lowest BCUT2D eigenvalue weighted by Gasteiger charge is -2.03. The zero-order valence-corrected chi connectivity index (χ0v) is 6.49. The largest absolute Gasteiger partial charge is 0.252 e. The van der Waals surface area contributed by atoms with Crippen molar-refractivity contribution in [2.24, 2.45) is 11.1 Å². The molecule has 3 heteroatoms. The van der Waals surface area contributed by atoms with Crippen LogP contribution in [0.1, 0.15) is 13.3 Å². The van der Waals surface area contributed by atoms with Crippen LogP contribution in [0.4, 0.5) is 0 Å². The topological polar surface area (TPSA) is 43.1 Å². The molecule has 0 heterocycles. The van der Waals surface area contributed by atoms with Crippen molar-refractivity contribution in [3.05, 3.63) is 12.7 Å². The third-order valence-corrected chi connectivity index (χ3v) is 1.92. The van der Waals surface area contributed by atoms with Crippen molar-refractivity contribution in [2.45, 2.75) is 13.3 Å². The molecule has 9 heavy (non-hydrogen) atoms. The van der Waals surface area contributed by atoms with Crippen molar-refractivity contribution in [1.29, 1.82) is 0 Å². The molecule has 0 aliphatic rings. The quantitative estimate of drug-likeness (QED) is 0.588. The zero-order chi connectivity index (χ0) is 7.28. The fraction of sp³-hybridized carbons (Fsp3) is 0.667. The van der Waals surface area contributed by atoms with Crippen molar-refractivity contribution in [2.75, 3.05) is 5.75 Å². The summed E-state index contributed by atoms with van der Waals surface area (Å²) in [5, 5.41) is 5.06. The maximum atomic E-state index is 10.4. The zero-order valence-electron chi connectivity index (χ0n) is 5.67. The molecule has 0 amide bonds. The Morgan fingerprint density at radius 3 is 2.78 bits per heavy atom. The van der Waals surface area contributed by atoms with E-state index in [0.717, 1.165) is 6.42 Å². The van der Waals surface area contributed by atoms with Gasteiger partial charge in [-0.2, -0.15) is 0 Å². The normalized spacial score (nSPS) is 16.7. The van der Waals surface area contributed by atoms with Crippen LogP contribution in [0.3, 0.4) is 0 Å². The highest BCUT2D eigenvalue weighted by molar-refractivity contribution is 7.82. The second-order valence-corrected chi connectivity index (χ2v) is 3.27. The lowest BCUT2D eigenvalue weighted by atomic mass is 10.1. The lowest BCUT2D eigenvalue weighted by Crippen LogP contribution is -2.13. The molecule has 0 aromatic heterocycles. The summed E-state index contributed by atoms with van der Waals surface area (Å²) in [7, 11) is -1.14. The first-order chi connectivity index (χ1) is 4.16. The van der Waals surface area contributed by atoms with E-state index < -0.39 is 11.0 Å². The number of rotatable bonds is 4. The van der Waals surface area contributed by atoms with Gasteiger partial charge < -0.3 is 0 Å². The smallest absolute Gasteiger partial charge is 0.0890 e. The Morgan fingerprint density at radius 2 is 2.44 bits per heavy atom. The van der Waals surface area contributed by atoms with E-state index in [2.05, 4.69) is 6.58 Å². The van der Waals surface area contributed by atoms with Crippen molar-refractivity contribution >= 4 is 11.0 Å². The van der Waals surface area contributed by atoms with Crippen LogP contribution in [-0.4, -0.2) is 9.96 Å². The second-order valence-electron chi connectivity index (χ2n) is 2.18. The average molecular weight is 147 g/mol. The van der Waals surface area contributed by atoms with Crippen LogP contribution >= 0.6 is 0 Å². The predicted octanol–water partition coefficient (Wildman–Crippen LogP) is 0.821. The molecule has 0 saturated heterocycles. The van der Waals surface area contributed by atoms with Crippen LogP contribution in [0.15, 0.2) is 12.7 Å². The van der Waals surface area contributed by atoms with E-state index >= 15 is 0 Å². The second kappa shape index (κ2) is 4.70. The third-order valence-electron chi connectivity index (χ3n) is 1.02. The number of nitrogens with two attached hydrogens (primary N) is 1. The van der Waals surface area contributed by atoms with Gasteiger partial charge in [-0.15, -0.1) is 6.58 Å². The first kappa shape index (κ1) is 8.85. The molecule has 2 atom stereocenters. The van der Waals surface area contributed by atoms with E-state index in [1.54, 1.807) is 0 Å². The van der Waals surface area contributed by atoms with Crippen LogP contribution in [0, 0.1) is 5.92 Å². The summed E-state index contributed by atoms with van der Waals surface area (Å²) >= 11 is 0. The number of allylic oxidation sites excluding steroid dienone is 1. The Morgan fingerprint density at radius 1 is 1.89 bits per heavy atom. The summed E-state index contributed by atoms with van der Waals surface area (Å²) in [4.78, 5) is 0. The van der Waals surface area contributed by atoms with Crippen LogP contribution in [0.25, 0.3) is 0 Å². The van der Waals surface area contributed by atoms with Gasteiger partial charge in [-0.3, -0.25) is 5.14 Å². The molecule has 2 unspecified atom stereocenters. The number of hydrogen-bond donors (Lipinski definition) is 1. The van der Waals surface area contributed by atoms with E-state index in [1.165, 1.54) is 0 Å². The van der Waals surface area contributed by atoms with Gasteiger partial charge in [0.15, 0.2) is 0 Å². The monoisotopic (exact) mass is 147 g/mol. The number of hydrogen-bond acceptors (Lipinski definition) is 1. The molecule has 0 bridgehead atoms. The standard InChI is InChI=1S/C6H13NOS/c1-3-4-6(2)5-9(7)8/h3,6H,1,4-5,7H2,2H3. The van der Waals surface area contributed by atoms with E-state index in [-0.39, 0.29) is 0 Å². The highest BCUT2D eigenvalue weighted by Gasteiger charge is 2.00. The minimum absolute atomic E-state index is 0.397. The lowest BCUT2D eigenvalue weighted by molar-refractivity contribution is 0.641. The molecule has 0 aromatic rings. The van der Waals surface area contributed by atoms with Gasteiger partial charge in [0, 0.05) is 5.75 Å². The van der Waals surface area contributed by atoms with Gasteiger partial charge in [-0.05, 0) is 12.3 Å². The Bertz CT molecular complexity index is 114. The summed E-state index contributed by atoms with van der Waals surface area (Å²) < 4.78 is 10.4. The van der Waals surface area contributed by atoms with Crippen LogP contribution in [0.2, 0.25) is 0 Å². The first-order valence-electron chi connectivity index (χ1n) is 2.90. The Kier molecular flexibility index (Phi) is 4.62. The molecule has 0 aromatic carbocycles. The minimum atomic E-state index is -1.14. The van der Waals surface area contributed by atoms with Gasteiger partial charge in [0.05, 0.1) is 11.0 Å². The van der Waals surface area contributed by atoms with E-state index in [0.29, 0.717) is 11.7 Å². The summed E-state index contributed by atoms with van der Waals surface area (Å²) in [6.45, 7) is 5.57. The molecular weight excluding hydrogens is 134 g/mol. The highest BCUT2D eigenvalue weighted by Crippen LogP contribution is 2.01.